The minimum Gasteiger partial charge on any atom is -0.311 e. The number of hydrogen-bond donors (Lipinski definition) is 1. The zero-order valence-corrected chi connectivity index (χ0v) is 12.1. The minimum atomic E-state index is 0.706. The van der Waals surface area contributed by atoms with E-state index in [1.54, 1.807) is 0 Å². The van der Waals surface area contributed by atoms with Crippen molar-refractivity contribution < 1.29 is 0 Å². The molecule has 2 nitrogen and oxygen atoms in total. The molecule has 2 atom stereocenters. The van der Waals surface area contributed by atoms with Crippen molar-refractivity contribution in [3.8, 4) is 0 Å². The quantitative estimate of drug-likeness (QED) is 0.792. The normalized spacial score (nSPS) is 31.4. The zero-order valence-electron chi connectivity index (χ0n) is 12.1. The molecule has 1 aliphatic carbocycles. The van der Waals surface area contributed by atoms with Crippen molar-refractivity contribution in [2.24, 2.45) is 17.8 Å². The highest BCUT2D eigenvalue weighted by Crippen LogP contribution is 2.36. The molecular formula is C15H30N2. The molecule has 2 unspecified atom stereocenters. The number of nitrogens with one attached hydrogen (secondary N) is 1. The number of piperazine rings is 1. The Kier molecular flexibility index (Phi) is 4.48. The molecule has 1 N–H and O–H groups in total. The van der Waals surface area contributed by atoms with Gasteiger partial charge in [-0.3, -0.25) is 4.90 Å². The molecule has 0 spiro atoms. The Balaban J connectivity index is 1.89. The van der Waals surface area contributed by atoms with Gasteiger partial charge in [0.2, 0.25) is 0 Å². The van der Waals surface area contributed by atoms with Gasteiger partial charge < -0.3 is 5.32 Å². The molecule has 0 aromatic heterocycles. The smallest absolute Gasteiger partial charge is 0.0249 e. The number of rotatable bonds is 5. The summed E-state index contributed by atoms with van der Waals surface area (Å²) in [6.45, 7) is 13.2. The van der Waals surface area contributed by atoms with Crippen LogP contribution in [0.1, 0.15) is 47.0 Å². The summed E-state index contributed by atoms with van der Waals surface area (Å²) in [5, 5.41) is 3.77. The molecule has 0 aromatic carbocycles. The molecule has 1 heterocycles. The highest BCUT2D eigenvalue weighted by molar-refractivity contribution is 4.95. The van der Waals surface area contributed by atoms with Gasteiger partial charge in [-0.2, -0.15) is 0 Å². The van der Waals surface area contributed by atoms with Gasteiger partial charge in [0.25, 0.3) is 0 Å². The molecule has 0 aromatic rings. The van der Waals surface area contributed by atoms with E-state index >= 15 is 0 Å². The summed E-state index contributed by atoms with van der Waals surface area (Å²) in [6.07, 6.45) is 4.29. The maximum absolute atomic E-state index is 3.77. The summed E-state index contributed by atoms with van der Waals surface area (Å²) in [5.41, 5.74) is 0. The average Bonchev–Trinajstić information content (AvgIpc) is 3.09. The fourth-order valence-corrected chi connectivity index (χ4v) is 2.93. The van der Waals surface area contributed by atoms with E-state index in [-0.39, 0.29) is 0 Å². The highest BCUT2D eigenvalue weighted by atomic mass is 15.2. The Morgan fingerprint density at radius 2 is 1.88 bits per heavy atom. The van der Waals surface area contributed by atoms with Gasteiger partial charge in [-0.05, 0) is 43.6 Å². The van der Waals surface area contributed by atoms with Crippen LogP contribution in [0.25, 0.3) is 0 Å². The molecule has 2 heteroatoms. The number of nitrogens with zero attached hydrogens (tertiary/aromatic N) is 1. The largest absolute Gasteiger partial charge is 0.311 e. The first kappa shape index (κ1) is 13.4. The van der Waals surface area contributed by atoms with Crippen LogP contribution < -0.4 is 5.32 Å². The van der Waals surface area contributed by atoms with Gasteiger partial charge in [-0.1, -0.05) is 27.7 Å². The molecule has 0 amide bonds. The van der Waals surface area contributed by atoms with Crippen molar-refractivity contribution in [1.82, 2.24) is 10.2 Å². The summed E-state index contributed by atoms with van der Waals surface area (Å²) in [5.74, 6) is 2.60. The second-order valence-electron chi connectivity index (χ2n) is 6.84. The van der Waals surface area contributed by atoms with Gasteiger partial charge in [-0.15, -0.1) is 0 Å². The molecule has 17 heavy (non-hydrogen) atoms. The van der Waals surface area contributed by atoms with E-state index in [1.807, 2.05) is 0 Å². The maximum atomic E-state index is 3.77. The summed E-state index contributed by atoms with van der Waals surface area (Å²) < 4.78 is 0. The Labute approximate surface area is 107 Å². The summed E-state index contributed by atoms with van der Waals surface area (Å²) in [4.78, 5) is 2.79. The van der Waals surface area contributed by atoms with Crippen LogP contribution in [0.5, 0.6) is 0 Å². The van der Waals surface area contributed by atoms with Crippen molar-refractivity contribution in [3.05, 3.63) is 0 Å². The first-order chi connectivity index (χ1) is 8.08. The predicted octanol–water partition coefficient (Wildman–Crippen LogP) is 2.74. The fourth-order valence-electron chi connectivity index (χ4n) is 2.93. The average molecular weight is 238 g/mol. The topological polar surface area (TPSA) is 15.3 Å². The van der Waals surface area contributed by atoms with Gasteiger partial charge in [0, 0.05) is 25.2 Å². The van der Waals surface area contributed by atoms with Gasteiger partial charge in [0.05, 0.1) is 0 Å². The molecule has 1 saturated carbocycles. The SMILES string of the molecule is CC(C)CCN1CC(C(C)C)NCC1C1CC1. The van der Waals surface area contributed by atoms with Crippen LogP contribution in [0.3, 0.4) is 0 Å². The molecule has 2 rings (SSSR count). The lowest BCUT2D eigenvalue weighted by atomic mass is 9.96. The van der Waals surface area contributed by atoms with Crippen molar-refractivity contribution in [2.75, 3.05) is 19.6 Å². The Morgan fingerprint density at radius 3 is 2.41 bits per heavy atom. The van der Waals surface area contributed by atoms with Crippen molar-refractivity contribution >= 4 is 0 Å². The van der Waals surface area contributed by atoms with E-state index < -0.39 is 0 Å². The maximum Gasteiger partial charge on any atom is 0.0249 e. The molecule has 2 fully saturated rings. The molecule has 0 bridgehead atoms. The lowest BCUT2D eigenvalue weighted by Crippen LogP contribution is -2.59. The minimum absolute atomic E-state index is 0.706. The van der Waals surface area contributed by atoms with Crippen LogP contribution in [-0.2, 0) is 0 Å². The highest BCUT2D eigenvalue weighted by Gasteiger charge is 2.38. The third-order valence-electron chi connectivity index (χ3n) is 4.45. The van der Waals surface area contributed by atoms with E-state index in [0.717, 1.165) is 23.8 Å². The second kappa shape index (κ2) is 5.71. The van der Waals surface area contributed by atoms with Crippen molar-refractivity contribution in [2.45, 2.75) is 59.0 Å². The molecule has 100 valence electrons. The van der Waals surface area contributed by atoms with Crippen LogP contribution >= 0.6 is 0 Å². The standard InChI is InChI=1S/C15H30N2/c1-11(2)7-8-17-10-14(12(3)4)16-9-15(17)13-5-6-13/h11-16H,5-10H2,1-4H3. The zero-order chi connectivity index (χ0) is 12.4. The fraction of sp³-hybridized carbons (Fsp3) is 1.00. The van der Waals surface area contributed by atoms with E-state index in [2.05, 4.69) is 37.9 Å². The Hall–Kier alpha value is -0.0800. The van der Waals surface area contributed by atoms with Crippen LogP contribution in [0.15, 0.2) is 0 Å². The third-order valence-corrected chi connectivity index (χ3v) is 4.45. The predicted molar refractivity (Wildman–Crippen MR) is 74.2 cm³/mol. The van der Waals surface area contributed by atoms with E-state index in [1.165, 1.54) is 38.9 Å². The van der Waals surface area contributed by atoms with Crippen LogP contribution in [0.4, 0.5) is 0 Å². The monoisotopic (exact) mass is 238 g/mol. The number of hydrogen-bond acceptors (Lipinski definition) is 2. The van der Waals surface area contributed by atoms with Crippen LogP contribution in [0.2, 0.25) is 0 Å². The van der Waals surface area contributed by atoms with E-state index in [4.69, 9.17) is 0 Å². The molecule has 0 radical (unpaired) electrons. The van der Waals surface area contributed by atoms with Gasteiger partial charge >= 0.3 is 0 Å². The lowest BCUT2D eigenvalue weighted by Gasteiger charge is -2.42. The molecular weight excluding hydrogens is 208 g/mol. The first-order valence-corrected chi connectivity index (χ1v) is 7.55. The van der Waals surface area contributed by atoms with Gasteiger partial charge in [0.1, 0.15) is 0 Å². The summed E-state index contributed by atoms with van der Waals surface area (Å²) in [6, 6.07) is 1.54. The summed E-state index contributed by atoms with van der Waals surface area (Å²) >= 11 is 0. The Bertz CT molecular complexity index is 233. The molecule has 2 aliphatic rings. The lowest BCUT2D eigenvalue weighted by molar-refractivity contribution is 0.0948. The third kappa shape index (κ3) is 3.69. The molecule has 1 aliphatic heterocycles. The Morgan fingerprint density at radius 1 is 1.18 bits per heavy atom. The van der Waals surface area contributed by atoms with Gasteiger partial charge in [-0.25, -0.2) is 0 Å². The van der Waals surface area contributed by atoms with E-state index in [9.17, 15) is 0 Å². The van der Waals surface area contributed by atoms with Crippen LogP contribution in [-0.4, -0.2) is 36.6 Å². The molecule has 1 saturated heterocycles. The van der Waals surface area contributed by atoms with Gasteiger partial charge in [0.15, 0.2) is 0 Å². The summed E-state index contributed by atoms with van der Waals surface area (Å²) in [7, 11) is 0. The van der Waals surface area contributed by atoms with Crippen LogP contribution in [0, 0.1) is 17.8 Å². The van der Waals surface area contributed by atoms with Crippen molar-refractivity contribution in [1.29, 1.82) is 0 Å². The second-order valence-corrected chi connectivity index (χ2v) is 6.84. The van der Waals surface area contributed by atoms with E-state index in [0.29, 0.717) is 6.04 Å². The van der Waals surface area contributed by atoms with Crippen molar-refractivity contribution in [3.63, 3.8) is 0 Å². The first-order valence-electron chi connectivity index (χ1n) is 7.55.